The number of fused-ring (bicyclic) bond motifs is 1. The Labute approximate surface area is 193 Å². The summed E-state index contributed by atoms with van der Waals surface area (Å²) in [6.45, 7) is 1.70. The molecule has 1 fully saturated rings. The Hall–Kier alpha value is -3.99. The summed E-state index contributed by atoms with van der Waals surface area (Å²) in [6.07, 6.45) is 1.07. The largest absolute Gasteiger partial charge is 0.508 e. The average Bonchev–Trinajstić information content (AvgIpc) is 3.19. The number of carbonyl (C=O) groups is 2. The Morgan fingerprint density at radius 3 is 2.59 bits per heavy atom. The fourth-order valence-electron chi connectivity index (χ4n) is 4.40. The number of piperazine rings is 1. The number of phenols is 1. The summed E-state index contributed by atoms with van der Waals surface area (Å²) >= 11 is 0. The van der Waals surface area contributed by atoms with E-state index in [2.05, 4.69) is 4.98 Å². The second-order valence-corrected chi connectivity index (χ2v) is 8.54. The van der Waals surface area contributed by atoms with Crippen LogP contribution in [0.3, 0.4) is 0 Å². The predicted octanol–water partition coefficient (Wildman–Crippen LogP) is 2.00. The van der Waals surface area contributed by atoms with Crippen LogP contribution in [0.5, 0.6) is 5.75 Å². The summed E-state index contributed by atoms with van der Waals surface area (Å²) in [6, 6.07) is 5.97. The molecule has 0 unspecified atom stereocenters. The van der Waals surface area contributed by atoms with E-state index in [1.54, 1.807) is 19.1 Å². The number of aryl methyl sites for hydroxylation is 1. The molecule has 0 bridgehead atoms. The number of nitro benzene ring substituents is 1. The molecule has 3 N–H and O–H groups in total. The van der Waals surface area contributed by atoms with Gasteiger partial charge in [0, 0.05) is 33.1 Å². The van der Waals surface area contributed by atoms with Crippen molar-refractivity contribution in [3.63, 3.8) is 0 Å². The number of halogens is 1. The smallest absolute Gasteiger partial charge is 0.314 e. The number of phenolic OH excluding ortho intramolecular Hbond substituents is 1. The van der Waals surface area contributed by atoms with Crippen LogP contribution < -0.4 is 0 Å². The average molecular weight is 470 g/mol. The summed E-state index contributed by atoms with van der Waals surface area (Å²) in [7, 11) is 2.66. The predicted molar refractivity (Wildman–Crippen MR) is 119 cm³/mol. The fraction of sp³-hybridized carbons (Fsp3) is 0.304. The van der Waals surface area contributed by atoms with E-state index in [4.69, 9.17) is 0 Å². The Bertz CT molecular complexity index is 1340. The van der Waals surface area contributed by atoms with E-state index < -0.39 is 40.0 Å². The standard InChI is InChI=1S/C23H23FN4O6/c1-12-4-5-13(8-18(12)29)10-23(32)22(31)26(2)17(21(30)27(23)3)9-14-11-25-16-7-6-15(24)20(19(14)16)28(33)34/h4-8,11,17,25,29,32H,9-10H2,1-3H3/t17-,23+/m0/s1. The number of hydrogen-bond acceptors (Lipinski definition) is 6. The summed E-state index contributed by atoms with van der Waals surface area (Å²) in [5.74, 6) is -2.35. The second-order valence-electron chi connectivity index (χ2n) is 8.54. The molecule has 3 aromatic rings. The maximum atomic E-state index is 14.2. The van der Waals surface area contributed by atoms with Gasteiger partial charge in [-0.15, -0.1) is 0 Å². The molecule has 178 valence electrons. The van der Waals surface area contributed by atoms with Gasteiger partial charge in [0.1, 0.15) is 11.8 Å². The lowest BCUT2D eigenvalue weighted by molar-refractivity contribution is -0.385. The number of nitrogens with one attached hydrogen (secondary N) is 1. The van der Waals surface area contributed by atoms with Crippen molar-refractivity contribution >= 4 is 28.4 Å². The minimum absolute atomic E-state index is 0.00210. The molecule has 11 heteroatoms. The first-order valence-electron chi connectivity index (χ1n) is 10.4. The number of rotatable bonds is 5. The van der Waals surface area contributed by atoms with Crippen molar-refractivity contribution in [1.29, 1.82) is 0 Å². The van der Waals surface area contributed by atoms with Gasteiger partial charge in [0.25, 0.3) is 5.91 Å². The van der Waals surface area contributed by atoms with Crippen LogP contribution >= 0.6 is 0 Å². The zero-order chi connectivity index (χ0) is 24.9. The molecule has 34 heavy (non-hydrogen) atoms. The summed E-state index contributed by atoms with van der Waals surface area (Å²) < 4.78 is 14.2. The van der Waals surface area contributed by atoms with Gasteiger partial charge in [-0.25, -0.2) is 0 Å². The molecule has 1 saturated heterocycles. The van der Waals surface area contributed by atoms with Crippen LogP contribution in [-0.4, -0.2) is 67.6 Å². The van der Waals surface area contributed by atoms with Gasteiger partial charge in [-0.1, -0.05) is 12.1 Å². The van der Waals surface area contributed by atoms with Crippen molar-refractivity contribution in [2.45, 2.75) is 31.5 Å². The number of amides is 2. The Balaban J connectivity index is 1.68. The van der Waals surface area contributed by atoms with E-state index >= 15 is 0 Å². The van der Waals surface area contributed by atoms with Gasteiger partial charge in [-0.3, -0.25) is 19.7 Å². The number of likely N-dealkylation sites (N-methyl/N-ethyl adjacent to an activating group) is 2. The van der Waals surface area contributed by atoms with E-state index in [1.165, 1.54) is 32.4 Å². The quantitative estimate of drug-likeness (QED) is 0.385. The highest BCUT2D eigenvalue weighted by molar-refractivity contribution is 5.99. The molecule has 0 radical (unpaired) electrons. The number of aliphatic hydroxyl groups is 1. The lowest BCUT2D eigenvalue weighted by Crippen LogP contribution is -2.70. The molecule has 1 aromatic heterocycles. The van der Waals surface area contributed by atoms with Crippen LogP contribution in [0.25, 0.3) is 10.9 Å². The summed E-state index contributed by atoms with van der Waals surface area (Å²) in [5, 5.41) is 32.7. The molecule has 0 spiro atoms. The molecule has 0 saturated carbocycles. The number of H-pyrrole nitrogens is 1. The molecule has 2 atom stereocenters. The molecular weight excluding hydrogens is 447 g/mol. The monoisotopic (exact) mass is 470 g/mol. The first kappa shape index (κ1) is 23.2. The van der Waals surface area contributed by atoms with Crippen LogP contribution in [0.4, 0.5) is 10.1 Å². The minimum atomic E-state index is -2.19. The third-order valence-corrected chi connectivity index (χ3v) is 6.47. The molecule has 0 aliphatic carbocycles. The number of aromatic amines is 1. The lowest BCUT2D eigenvalue weighted by atomic mass is 9.92. The van der Waals surface area contributed by atoms with Crippen LogP contribution in [0, 0.1) is 22.9 Å². The molecule has 10 nitrogen and oxygen atoms in total. The van der Waals surface area contributed by atoms with E-state index in [0.29, 0.717) is 22.2 Å². The topological polar surface area (TPSA) is 140 Å². The van der Waals surface area contributed by atoms with Crippen LogP contribution in [0.1, 0.15) is 16.7 Å². The Morgan fingerprint density at radius 1 is 1.24 bits per heavy atom. The van der Waals surface area contributed by atoms with Crippen molar-refractivity contribution < 1.29 is 29.1 Å². The van der Waals surface area contributed by atoms with E-state index in [9.17, 15) is 34.3 Å². The number of benzene rings is 2. The van der Waals surface area contributed by atoms with Gasteiger partial charge < -0.3 is 25.0 Å². The molecule has 2 aromatic carbocycles. The maximum absolute atomic E-state index is 14.2. The molecule has 4 rings (SSSR count). The highest BCUT2D eigenvalue weighted by atomic mass is 19.1. The highest BCUT2D eigenvalue weighted by Crippen LogP contribution is 2.34. The van der Waals surface area contributed by atoms with Crippen LogP contribution in [-0.2, 0) is 22.4 Å². The van der Waals surface area contributed by atoms with Gasteiger partial charge in [0.2, 0.25) is 17.4 Å². The van der Waals surface area contributed by atoms with Gasteiger partial charge in [0.05, 0.1) is 15.8 Å². The normalized spacial score (nSPS) is 20.9. The van der Waals surface area contributed by atoms with E-state index in [1.807, 2.05) is 0 Å². The highest BCUT2D eigenvalue weighted by Gasteiger charge is 2.53. The minimum Gasteiger partial charge on any atom is -0.508 e. The Kier molecular flexibility index (Phi) is 5.52. The van der Waals surface area contributed by atoms with Crippen molar-refractivity contribution in [2.24, 2.45) is 0 Å². The third kappa shape index (κ3) is 3.54. The third-order valence-electron chi connectivity index (χ3n) is 6.47. The van der Waals surface area contributed by atoms with Crippen molar-refractivity contribution in [3.8, 4) is 5.75 Å². The van der Waals surface area contributed by atoms with Crippen LogP contribution in [0.2, 0.25) is 0 Å². The molecule has 1 aliphatic heterocycles. The number of aromatic hydroxyl groups is 1. The zero-order valence-corrected chi connectivity index (χ0v) is 18.7. The number of nitrogens with zero attached hydrogens (tertiary/aromatic N) is 3. The lowest BCUT2D eigenvalue weighted by Gasteiger charge is -2.47. The molecule has 1 aliphatic rings. The van der Waals surface area contributed by atoms with Gasteiger partial charge in [0.15, 0.2) is 0 Å². The van der Waals surface area contributed by atoms with E-state index in [0.717, 1.165) is 15.9 Å². The zero-order valence-electron chi connectivity index (χ0n) is 18.7. The second kappa shape index (κ2) is 8.10. The van der Waals surface area contributed by atoms with Gasteiger partial charge >= 0.3 is 5.69 Å². The molecule has 2 amide bonds. The number of nitro groups is 1. The number of hydrogen-bond donors (Lipinski definition) is 3. The van der Waals surface area contributed by atoms with Crippen molar-refractivity contribution in [1.82, 2.24) is 14.8 Å². The number of carbonyl (C=O) groups excluding carboxylic acids is 2. The SMILES string of the molecule is Cc1ccc(C[C@@]2(O)C(=O)N(C)[C@@H](Cc3c[nH]c4ccc(F)c([N+](=O)[O-])c34)C(=O)N2C)cc1O. The maximum Gasteiger partial charge on any atom is 0.314 e. The van der Waals surface area contributed by atoms with Gasteiger partial charge in [-0.2, -0.15) is 4.39 Å². The summed E-state index contributed by atoms with van der Waals surface area (Å²) in [5.41, 5.74) is -1.21. The van der Waals surface area contributed by atoms with Crippen molar-refractivity contribution in [2.75, 3.05) is 14.1 Å². The molecule has 2 heterocycles. The van der Waals surface area contributed by atoms with Gasteiger partial charge in [-0.05, 0) is 41.8 Å². The van der Waals surface area contributed by atoms with Crippen molar-refractivity contribution in [3.05, 3.63) is 69.2 Å². The Morgan fingerprint density at radius 2 is 1.94 bits per heavy atom. The van der Waals surface area contributed by atoms with E-state index in [-0.39, 0.29) is 24.0 Å². The fourth-order valence-corrected chi connectivity index (χ4v) is 4.40. The number of aromatic nitrogens is 1. The summed E-state index contributed by atoms with van der Waals surface area (Å²) in [4.78, 5) is 42.0. The molecular formula is C23H23FN4O6. The first-order chi connectivity index (χ1) is 16.0. The van der Waals surface area contributed by atoms with Crippen LogP contribution in [0.15, 0.2) is 36.5 Å². The first-order valence-corrected chi connectivity index (χ1v) is 10.4.